The molecule has 6 N–H and O–H groups in total. The van der Waals surface area contributed by atoms with Crippen molar-refractivity contribution >= 4 is 13.5 Å². The van der Waals surface area contributed by atoms with Crippen molar-refractivity contribution in [1.82, 2.24) is 5.32 Å². The smallest absolute Gasteiger partial charge is 0.339 e. The van der Waals surface area contributed by atoms with E-state index in [-0.39, 0.29) is 0 Å². The zero-order valence-electron chi connectivity index (χ0n) is 7.04. The van der Waals surface area contributed by atoms with Crippen LogP contribution in [0.5, 0.6) is 0 Å². The Kier molecular flexibility index (Phi) is 4.52. The molecular weight excluding hydrogens is 199 g/mol. The lowest BCUT2D eigenvalue weighted by atomic mass is 10.2. The van der Waals surface area contributed by atoms with Gasteiger partial charge in [-0.05, 0) is 6.92 Å². The van der Waals surface area contributed by atoms with Crippen molar-refractivity contribution in [2.75, 3.05) is 6.29 Å². The average Bonchev–Trinajstić information content (AvgIpc) is 1.82. The number of nitrogens with two attached hydrogens (primary N) is 1. The topological polar surface area (TPSA) is 133 Å². The molecule has 0 rings (SSSR count). The lowest BCUT2D eigenvalue weighted by molar-refractivity contribution is -0.122. The van der Waals surface area contributed by atoms with Crippen molar-refractivity contribution in [3.8, 4) is 0 Å². The molecule has 8 heteroatoms. The monoisotopic (exact) mass is 212 g/mol. The Morgan fingerprint density at radius 3 is 2.31 bits per heavy atom. The van der Waals surface area contributed by atoms with E-state index in [0.29, 0.717) is 0 Å². The second-order valence-corrected chi connectivity index (χ2v) is 4.29. The molecule has 0 aromatic heterocycles. The first-order chi connectivity index (χ1) is 5.74. The van der Waals surface area contributed by atoms with Gasteiger partial charge in [0.05, 0.1) is 12.4 Å². The molecule has 0 spiro atoms. The Bertz CT molecular complexity index is 225. The normalized spacial score (nSPS) is 16.6. The number of hydrogen-bond acceptors (Lipinski definition) is 4. The van der Waals surface area contributed by atoms with E-state index in [1.165, 1.54) is 6.92 Å². The van der Waals surface area contributed by atoms with Crippen molar-refractivity contribution < 1.29 is 24.3 Å². The zero-order valence-corrected chi connectivity index (χ0v) is 7.94. The number of amides is 1. The molecule has 0 saturated carbocycles. The highest BCUT2D eigenvalue weighted by molar-refractivity contribution is 7.51. The van der Waals surface area contributed by atoms with Gasteiger partial charge in [-0.2, -0.15) is 0 Å². The van der Waals surface area contributed by atoms with Gasteiger partial charge in [-0.1, -0.05) is 0 Å². The molecule has 0 aliphatic rings. The van der Waals surface area contributed by atoms with Crippen molar-refractivity contribution in [3.63, 3.8) is 0 Å². The highest BCUT2D eigenvalue weighted by Gasteiger charge is 2.23. The van der Waals surface area contributed by atoms with Crippen LogP contribution in [0.1, 0.15) is 6.92 Å². The van der Waals surface area contributed by atoms with E-state index < -0.39 is 31.9 Å². The Balaban J connectivity index is 4.14. The number of nitrogens with one attached hydrogen (secondary N) is 1. The molecule has 0 aromatic rings. The summed E-state index contributed by atoms with van der Waals surface area (Å²) in [6.45, 7) is 1.29. The first-order valence-corrected chi connectivity index (χ1v) is 5.29. The predicted molar refractivity (Wildman–Crippen MR) is 44.7 cm³/mol. The minimum atomic E-state index is -4.23. The third-order valence-corrected chi connectivity index (χ3v) is 1.90. The SMILES string of the molecule is C[C@@H](O)[C@H](NCP(=O)(O)O)C(N)=O. The van der Waals surface area contributed by atoms with Gasteiger partial charge in [0.15, 0.2) is 0 Å². The molecule has 0 aliphatic heterocycles. The Hall–Kier alpha value is -0.460. The van der Waals surface area contributed by atoms with Crippen molar-refractivity contribution in [2.24, 2.45) is 5.73 Å². The molecule has 2 atom stereocenters. The summed E-state index contributed by atoms with van der Waals surface area (Å²) >= 11 is 0. The van der Waals surface area contributed by atoms with Crippen LogP contribution in [0.25, 0.3) is 0 Å². The molecule has 13 heavy (non-hydrogen) atoms. The standard InChI is InChI=1S/C5H13N2O5P/c1-3(8)4(5(6)9)7-2-13(10,11)12/h3-4,7-8H,2H2,1H3,(H2,6,9)(H2,10,11,12)/t3-,4+/m1/s1. The largest absolute Gasteiger partial charge is 0.391 e. The summed E-state index contributed by atoms with van der Waals surface area (Å²) in [5.41, 5.74) is 4.85. The number of hydrogen-bond donors (Lipinski definition) is 5. The maximum absolute atomic E-state index is 10.6. The lowest BCUT2D eigenvalue weighted by Crippen LogP contribution is -2.48. The second-order valence-electron chi connectivity index (χ2n) is 2.65. The van der Waals surface area contributed by atoms with Crippen molar-refractivity contribution in [1.29, 1.82) is 0 Å². The summed E-state index contributed by atoms with van der Waals surface area (Å²) in [5.74, 6) is -0.858. The molecule has 0 unspecified atom stereocenters. The van der Waals surface area contributed by atoms with Crippen LogP contribution in [0.2, 0.25) is 0 Å². The first-order valence-electron chi connectivity index (χ1n) is 3.49. The highest BCUT2D eigenvalue weighted by atomic mass is 31.2. The molecule has 0 radical (unpaired) electrons. The maximum atomic E-state index is 10.6. The van der Waals surface area contributed by atoms with Crippen LogP contribution in [0.4, 0.5) is 0 Å². The van der Waals surface area contributed by atoms with Crippen LogP contribution in [0, 0.1) is 0 Å². The van der Waals surface area contributed by atoms with Gasteiger partial charge in [-0.25, -0.2) is 0 Å². The number of aliphatic hydroxyl groups is 1. The molecule has 78 valence electrons. The Labute approximate surface area is 75.1 Å². The van der Waals surface area contributed by atoms with E-state index in [2.05, 4.69) is 5.32 Å². The summed E-state index contributed by atoms with van der Waals surface area (Å²) in [7, 11) is -4.23. The van der Waals surface area contributed by atoms with Gasteiger partial charge < -0.3 is 20.6 Å². The quantitative estimate of drug-likeness (QED) is 0.333. The predicted octanol–water partition coefficient (Wildman–Crippen LogP) is -2.05. The molecule has 0 heterocycles. The van der Waals surface area contributed by atoms with E-state index in [4.69, 9.17) is 20.6 Å². The molecule has 0 fully saturated rings. The van der Waals surface area contributed by atoms with Gasteiger partial charge in [0.25, 0.3) is 0 Å². The van der Waals surface area contributed by atoms with Crippen LogP contribution >= 0.6 is 7.60 Å². The number of carbonyl (C=O) groups excluding carboxylic acids is 1. The summed E-state index contributed by atoms with van der Waals surface area (Å²) in [5, 5.41) is 11.1. The van der Waals surface area contributed by atoms with Gasteiger partial charge in [-0.3, -0.25) is 14.7 Å². The van der Waals surface area contributed by atoms with Crippen LogP contribution in [0.3, 0.4) is 0 Å². The van der Waals surface area contributed by atoms with E-state index >= 15 is 0 Å². The van der Waals surface area contributed by atoms with E-state index in [1.54, 1.807) is 0 Å². The van der Waals surface area contributed by atoms with Gasteiger partial charge in [0.1, 0.15) is 6.04 Å². The van der Waals surface area contributed by atoms with Crippen molar-refractivity contribution in [2.45, 2.75) is 19.1 Å². The van der Waals surface area contributed by atoms with Gasteiger partial charge in [0, 0.05) is 0 Å². The summed E-state index contributed by atoms with van der Waals surface area (Å²) in [6.07, 6.45) is -1.78. The minimum Gasteiger partial charge on any atom is -0.391 e. The maximum Gasteiger partial charge on any atom is 0.339 e. The summed E-state index contributed by atoms with van der Waals surface area (Å²) in [6, 6.07) is -1.15. The van der Waals surface area contributed by atoms with E-state index in [0.717, 1.165) is 0 Å². The molecule has 7 nitrogen and oxygen atoms in total. The molecular formula is C5H13N2O5P. The minimum absolute atomic E-state index is 0.689. The van der Waals surface area contributed by atoms with Gasteiger partial charge in [-0.15, -0.1) is 0 Å². The first kappa shape index (κ1) is 12.5. The van der Waals surface area contributed by atoms with Crippen LogP contribution in [0.15, 0.2) is 0 Å². The summed E-state index contributed by atoms with van der Waals surface area (Å²) in [4.78, 5) is 27.5. The molecule has 0 saturated heterocycles. The average molecular weight is 212 g/mol. The fourth-order valence-corrected chi connectivity index (χ4v) is 1.16. The summed E-state index contributed by atoms with van der Waals surface area (Å²) < 4.78 is 10.4. The van der Waals surface area contributed by atoms with E-state index in [1.807, 2.05) is 0 Å². The highest BCUT2D eigenvalue weighted by Crippen LogP contribution is 2.32. The number of aliphatic hydroxyl groups excluding tert-OH is 1. The molecule has 0 aromatic carbocycles. The number of primary amides is 1. The number of rotatable bonds is 5. The van der Waals surface area contributed by atoms with Crippen molar-refractivity contribution in [3.05, 3.63) is 0 Å². The molecule has 0 aliphatic carbocycles. The van der Waals surface area contributed by atoms with Crippen LogP contribution in [-0.2, 0) is 9.36 Å². The van der Waals surface area contributed by atoms with E-state index in [9.17, 15) is 9.36 Å². The second kappa shape index (κ2) is 4.69. The fraction of sp³-hybridized carbons (Fsp3) is 0.800. The lowest BCUT2D eigenvalue weighted by Gasteiger charge is -2.17. The molecule has 1 amide bonds. The Morgan fingerprint density at radius 2 is 2.08 bits per heavy atom. The Morgan fingerprint density at radius 1 is 1.62 bits per heavy atom. The van der Waals surface area contributed by atoms with Crippen LogP contribution in [-0.4, -0.2) is 39.2 Å². The zero-order chi connectivity index (χ0) is 10.6. The molecule has 0 bridgehead atoms. The van der Waals surface area contributed by atoms with Gasteiger partial charge in [0.2, 0.25) is 5.91 Å². The number of carbonyl (C=O) groups is 1. The fourth-order valence-electron chi connectivity index (χ4n) is 0.726. The third-order valence-electron chi connectivity index (χ3n) is 1.31. The third kappa shape index (κ3) is 5.73. The van der Waals surface area contributed by atoms with Crippen LogP contribution < -0.4 is 11.1 Å². The van der Waals surface area contributed by atoms with Gasteiger partial charge >= 0.3 is 7.60 Å².